The van der Waals surface area contributed by atoms with E-state index in [-0.39, 0.29) is 22.5 Å². The molecular formula is C10H10BrFN2O. The molecule has 2 atom stereocenters. The highest BCUT2D eigenvalue weighted by Crippen LogP contribution is 2.23. The summed E-state index contributed by atoms with van der Waals surface area (Å²) in [5.74, 6) is -0.734. The second kappa shape index (κ2) is 3.90. The molecule has 0 saturated heterocycles. The molecule has 1 amide bonds. The van der Waals surface area contributed by atoms with E-state index >= 15 is 0 Å². The highest BCUT2D eigenvalue weighted by molar-refractivity contribution is 9.10. The first-order valence-corrected chi connectivity index (χ1v) is 5.39. The van der Waals surface area contributed by atoms with Gasteiger partial charge >= 0.3 is 0 Å². The molecule has 1 saturated carbocycles. The smallest absolute Gasteiger partial charge is 0.252 e. The molecule has 0 bridgehead atoms. The lowest BCUT2D eigenvalue weighted by Gasteiger charge is -2.06. The van der Waals surface area contributed by atoms with Gasteiger partial charge in [0.2, 0.25) is 0 Å². The number of nitrogens with two attached hydrogens (primary N) is 1. The van der Waals surface area contributed by atoms with Crippen LogP contribution in [-0.2, 0) is 0 Å². The van der Waals surface area contributed by atoms with Gasteiger partial charge in [-0.1, -0.05) is 6.07 Å². The van der Waals surface area contributed by atoms with Crippen LogP contribution in [0.5, 0.6) is 0 Å². The molecular weight excluding hydrogens is 263 g/mol. The molecule has 2 unspecified atom stereocenters. The fraction of sp³-hybridized carbons (Fsp3) is 0.300. The number of halogens is 2. The number of carbonyl (C=O) groups is 1. The molecule has 0 spiro atoms. The van der Waals surface area contributed by atoms with Gasteiger partial charge in [-0.05, 0) is 34.5 Å². The van der Waals surface area contributed by atoms with Crippen LogP contribution < -0.4 is 11.1 Å². The summed E-state index contributed by atoms with van der Waals surface area (Å²) >= 11 is 3.04. The SMILES string of the molecule is NC1CC1NC(=O)c1cccc(F)c1Br. The van der Waals surface area contributed by atoms with Gasteiger partial charge in [0.1, 0.15) is 5.82 Å². The Morgan fingerprint density at radius 1 is 1.60 bits per heavy atom. The second-order valence-corrected chi connectivity index (χ2v) is 4.37. The van der Waals surface area contributed by atoms with Gasteiger partial charge in [0, 0.05) is 12.1 Å². The van der Waals surface area contributed by atoms with E-state index in [1.165, 1.54) is 12.1 Å². The van der Waals surface area contributed by atoms with Crippen molar-refractivity contribution < 1.29 is 9.18 Å². The van der Waals surface area contributed by atoms with Crippen LogP contribution in [0.2, 0.25) is 0 Å². The number of rotatable bonds is 2. The quantitative estimate of drug-likeness (QED) is 0.856. The van der Waals surface area contributed by atoms with E-state index in [1.807, 2.05) is 0 Å². The van der Waals surface area contributed by atoms with E-state index in [1.54, 1.807) is 6.07 Å². The molecule has 0 heterocycles. The summed E-state index contributed by atoms with van der Waals surface area (Å²) in [5, 5.41) is 2.73. The highest BCUT2D eigenvalue weighted by atomic mass is 79.9. The first-order chi connectivity index (χ1) is 7.09. The molecule has 15 heavy (non-hydrogen) atoms. The molecule has 0 aromatic heterocycles. The molecule has 3 N–H and O–H groups in total. The molecule has 2 rings (SSSR count). The largest absolute Gasteiger partial charge is 0.348 e. The average Bonchev–Trinajstić information content (AvgIpc) is 2.86. The lowest BCUT2D eigenvalue weighted by atomic mass is 10.2. The minimum Gasteiger partial charge on any atom is -0.348 e. The third-order valence-corrected chi connectivity index (χ3v) is 3.16. The normalized spacial score (nSPS) is 23.7. The van der Waals surface area contributed by atoms with Crippen LogP contribution in [0, 0.1) is 5.82 Å². The van der Waals surface area contributed by atoms with E-state index in [0.29, 0.717) is 5.56 Å². The third kappa shape index (κ3) is 2.18. The fourth-order valence-corrected chi connectivity index (χ4v) is 1.75. The molecule has 1 aromatic rings. The molecule has 80 valence electrons. The lowest BCUT2D eigenvalue weighted by Crippen LogP contribution is -2.29. The first-order valence-electron chi connectivity index (χ1n) is 4.60. The number of amides is 1. The Bertz CT molecular complexity index is 410. The van der Waals surface area contributed by atoms with Gasteiger partial charge in [0.15, 0.2) is 0 Å². The molecule has 5 heteroatoms. The van der Waals surface area contributed by atoms with Crippen molar-refractivity contribution >= 4 is 21.8 Å². The second-order valence-electron chi connectivity index (χ2n) is 3.58. The first kappa shape index (κ1) is 10.6. The van der Waals surface area contributed by atoms with E-state index in [0.717, 1.165) is 6.42 Å². The summed E-state index contributed by atoms with van der Waals surface area (Å²) in [6, 6.07) is 4.44. The van der Waals surface area contributed by atoms with Crippen LogP contribution in [0.3, 0.4) is 0 Å². The van der Waals surface area contributed by atoms with Crippen molar-refractivity contribution in [2.24, 2.45) is 5.73 Å². The Hall–Kier alpha value is -0.940. The monoisotopic (exact) mass is 272 g/mol. The van der Waals surface area contributed by atoms with Gasteiger partial charge in [-0.2, -0.15) is 0 Å². The number of nitrogens with one attached hydrogen (secondary N) is 1. The predicted octanol–water partition coefficient (Wildman–Crippen LogP) is 1.42. The van der Waals surface area contributed by atoms with E-state index in [4.69, 9.17) is 5.73 Å². The minimum atomic E-state index is -0.442. The van der Waals surface area contributed by atoms with Crippen molar-refractivity contribution in [3.8, 4) is 0 Å². The Labute approximate surface area is 95.0 Å². The van der Waals surface area contributed by atoms with Gasteiger partial charge in [-0.3, -0.25) is 4.79 Å². The van der Waals surface area contributed by atoms with Crippen molar-refractivity contribution in [1.82, 2.24) is 5.32 Å². The van der Waals surface area contributed by atoms with Crippen molar-refractivity contribution in [2.45, 2.75) is 18.5 Å². The lowest BCUT2D eigenvalue weighted by molar-refractivity contribution is 0.0949. The summed E-state index contributed by atoms with van der Waals surface area (Å²) in [6.07, 6.45) is 0.790. The molecule has 0 radical (unpaired) electrons. The summed E-state index contributed by atoms with van der Waals surface area (Å²) in [6.45, 7) is 0. The van der Waals surface area contributed by atoms with Gasteiger partial charge in [0.25, 0.3) is 5.91 Å². The van der Waals surface area contributed by atoms with Crippen LogP contribution in [0.1, 0.15) is 16.8 Å². The highest BCUT2D eigenvalue weighted by Gasteiger charge is 2.35. The van der Waals surface area contributed by atoms with Crippen LogP contribution in [0.25, 0.3) is 0 Å². The van der Waals surface area contributed by atoms with Crippen molar-refractivity contribution in [3.63, 3.8) is 0 Å². The number of benzene rings is 1. The van der Waals surface area contributed by atoms with Crippen molar-refractivity contribution in [1.29, 1.82) is 0 Å². The van der Waals surface area contributed by atoms with Gasteiger partial charge in [0.05, 0.1) is 10.0 Å². The molecule has 1 aromatic carbocycles. The summed E-state index contributed by atoms with van der Waals surface area (Å²) in [7, 11) is 0. The topological polar surface area (TPSA) is 55.1 Å². The summed E-state index contributed by atoms with van der Waals surface area (Å²) < 4.78 is 13.3. The van der Waals surface area contributed by atoms with E-state index < -0.39 is 5.82 Å². The van der Waals surface area contributed by atoms with Crippen molar-refractivity contribution in [2.75, 3.05) is 0 Å². The molecule has 1 fully saturated rings. The summed E-state index contributed by atoms with van der Waals surface area (Å²) in [4.78, 5) is 11.7. The maximum Gasteiger partial charge on any atom is 0.252 e. The van der Waals surface area contributed by atoms with Crippen LogP contribution in [0.15, 0.2) is 22.7 Å². The van der Waals surface area contributed by atoms with Crippen LogP contribution >= 0.6 is 15.9 Å². The van der Waals surface area contributed by atoms with E-state index in [9.17, 15) is 9.18 Å². The Morgan fingerprint density at radius 2 is 2.27 bits per heavy atom. The number of carbonyl (C=O) groups excluding carboxylic acids is 1. The van der Waals surface area contributed by atoms with Crippen molar-refractivity contribution in [3.05, 3.63) is 34.1 Å². The van der Waals surface area contributed by atoms with Crippen LogP contribution in [-0.4, -0.2) is 18.0 Å². The van der Waals surface area contributed by atoms with Gasteiger partial charge in [-0.15, -0.1) is 0 Å². The third-order valence-electron chi connectivity index (χ3n) is 2.35. The molecule has 3 nitrogen and oxygen atoms in total. The molecule has 1 aliphatic carbocycles. The van der Waals surface area contributed by atoms with E-state index in [2.05, 4.69) is 21.2 Å². The zero-order chi connectivity index (χ0) is 11.0. The Balaban J connectivity index is 2.14. The van der Waals surface area contributed by atoms with Gasteiger partial charge < -0.3 is 11.1 Å². The zero-order valence-electron chi connectivity index (χ0n) is 7.84. The number of hydrogen-bond donors (Lipinski definition) is 2. The fourth-order valence-electron chi connectivity index (χ4n) is 1.31. The van der Waals surface area contributed by atoms with Crippen LogP contribution in [0.4, 0.5) is 4.39 Å². The average molecular weight is 273 g/mol. The standard InChI is InChI=1S/C10H10BrFN2O/c11-9-5(2-1-3-6(9)12)10(15)14-8-4-7(8)13/h1-3,7-8H,4,13H2,(H,14,15). The maximum atomic E-state index is 13.1. The summed E-state index contributed by atoms with van der Waals surface area (Å²) in [5.41, 5.74) is 5.86. The zero-order valence-corrected chi connectivity index (χ0v) is 9.42. The Kier molecular flexibility index (Phi) is 2.75. The number of hydrogen-bond acceptors (Lipinski definition) is 2. The minimum absolute atomic E-state index is 0.0349. The molecule has 0 aliphatic heterocycles. The predicted molar refractivity (Wildman–Crippen MR) is 57.9 cm³/mol. The Morgan fingerprint density at radius 3 is 2.87 bits per heavy atom. The molecule has 1 aliphatic rings. The maximum absolute atomic E-state index is 13.1. The van der Waals surface area contributed by atoms with Gasteiger partial charge in [-0.25, -0.2) is 4.39 Å².